The van der Waals surface area contributed by atoms with Crippen LogP contribution in [0.1, 0.15) is 27.2 Å². The molecule has 2 N–H and O–H groups in total. The molecule has 3 atom stereocenters. The lowest BCUT2D eigenvalue weighted by atomic mass is 9.89. The van der Waals surface area contributed by atoms with Crippen molar-refractivity contribution < 1.29 is 9.47 Å². The maximum Gasteiger partial charge on any atom is 0.161 e. The van der Waals surface area contributed by atoms with Crippen molar-refractivity contribution >= 4 is 0 Å². The summed E-state index contributed by atoms with van der Waals surface area (Å²) in [5.41, 5.74) is 6.29. The highest BCUT2D eigenvalue weighted by Gasteiger charge is 2.30. The number of fused-ring (bicyclic) bond motifs is 1. The second-order valence-corrected chi connectivity index (χ2v) is 5.60. The van der Waals surface area contributed by atoms with Crippen molar-refractivity contribution in [2.45, 2.75) is 39.3 Å². The molecule has 0 aromatic heterocycles. The molecule has 0 spiro atoms. The van der Waals surface area contributed by atoms with Gasteiger partial charge in [0.1, 0.15) is 12.7 Å². The largest absolute Gasteiger partial charge is 0.486 e. The van der Waals surface area contributed by atoms with E-state index in [9.17, 15) is 0 Å². The van der Waals surface area contributed by atoms with E-state index in [0.29, 0.717) is 18.4 Å². The summed E-state index contributed by atoms with van der Waals surface area (Å²) in [6.07, 6.45) is 1.07. The molecule has 1 aromatic rings. The van der Waals surface area contributed by atoms with Crippen LogP contribution in [-0.4, -0.2) is 18.8 Å². The first-order chi connectivity index (χ1) is 8.58. The van der Waals surface area contributed by atoms with E-state index in [1.54, 1.807) is 0 Å². The van der Waals surface area contributed by atoms with Gasteiger partial charge in [0.05, 0.1) is 0 Å². The fourth-order valence-corrected chi connectivity index (χ4v) is 2.49. The molecule has 3 nitrogen and oxygen atoms in total. The first-order valence-corrected chi connectivity index (χ1v) is 6.72. The van der Waals surface area contributed by atoms with Crippen molar-refractivity contribution in [3.63, 3.8) is 0 Å². The zero-order chi connectivity index (χ0) is 13.1. The minimum Gasteiger partial charge on any atom is -0.486 e. The van der Waals surface area contributed by atoms with Crippen LogP contribution < -0.4 is 15.2 Å². The van der Waals surface area contributed by atoms with Crippen LogP contribution in [0.15, 0.2) is 24.3 Å². The summed E-state index contributed by atoms with van der Waals surface area (Å²) in [5.74, 6) is 2.71. The standard InChI is InChI=1S/C15H23NO2/c1-10(2)8-11(3)15(16)14-9-17-12-6-4-5-7-13(12)18-14/h4-7,10-11,14-15H,8-9,16H2,1-3H3. The second kappa shape index (κ2) is 5.61. The molecule has 0 saturated heterocycles. The fraction of sp³-hybridized carbons (Fsp3) is 0.600. The van der Waals surface area contributed by atoms with Crippen LogP contribution in [0.5, 0.6) is 11.5 Å². The van der Waals surface area contributed by atoms with Gasteiger partial charge >= 0.3 is 0 Å². The number of hydrogen-bond acceptors (Lipinski definition) is 3. The Morgan fingerprint density at radius 3 is 2.56 bits per heavy atom. The minimum atomic E-state index is -0.0475. The number of benzene rings is 1. The number of para-hydroxylation sites is 2. The van der Waals surface area contributed by atoms with Crippen molar-refractivity contribution in [1.29, 1.82) is 0 Å². The molecule has 0 saturated carbocycles. The third-order valence-corrected chi connectivity index (χ3v) is 3.46. The Balaban J connectivity index is 2.00. The Morgan fingerprint density at radius 1 is 1.22 bits per heavy atom. The normalized spacial score (nSPS) is 21.7. The van der Waals surface area contributed by atoms with Crippen molar-refractivity contribution in [2.24, 2.45) is 17.6 Å². The van der Waals surface area contributed by atoms with E-state index in [1.165, 1.54) is 0 Å². The van der Waals surface area contributed by atoms with E-state index < -0.39 is 0 Å². The van der Waals surface area contributed by atoms with Crippen molar-refractivity contribution in [1.82, 2.24) is 0 Å². The van der Waals surface area contributed by atoms with Crippen LogP contribution in [0, 0.1) is 11.8 Å². The molecule has 0 radical (unpaired) electrons. The van der Waals surface area contributed by atoms with Gasteiger partial charge in [0.25, 0.3) is 0 Å². The van der Waals surface area contributed by atoms with Crippen LogP contribution in [0.4, 0.5) is 0 Å². The zero-order valence-electron chi connectivity index (χ0n) is 11.4. The SMILES string of the molecule is CC(C)CC(C)C(N)C1COc2ccccc2O1. The molecule has 100 valence electrons. The van der Waals surface area contributed by atoms with Gasteiger partial charge in [0.15, 0.2) is 11.5 Å². The summed E-state index contributed by atoms with van der Waals surface area (Å²) >= 11 is 0. The van der Waals surface area contributed by atoms with Gasteiger partial charge in [-0.15, -0.1) is 0 Å². The maximum atomic E-state index is 6.29. The van der Waals surface area contributed by atoms with E-state index in [-0.39, 0.29) is 12.1 Å². The molecule has 0 bridgehead atoms. The smallest absolute Gasteiger partial charge is 0.161 e. The topological polar surface area (TPSA) is 44.5 Å². The van der Waals surface area contributed by atoms with Gasteiger partial charge < -0.3 is 15.2 Å². The lowest BCUT2D eigenvalue weighted by molar-refractivity contribution is 0.0555. The second-order valence-electron chi connectivity index (χ2n) is 5.60. The Labute approximate surface area is 109 Å². The zero-order valence-corrected chi connectivity index (χ0v) is 11.4. The lowest BCUT2D eigenvalue weighted by Gasteiger charge is -2.33. The van der Waals surface area contributed by atoms with Gasteiger partial charge in [0, 0.05) is 6.04 Å². The van der Waals surface area contributed by atoms with Crippen molar-refractivity contribution in [2.75, 3.05) is 6.61 Å². The van der Waals surface area contributed by atoms with Crippen LogP contribution in [0.2, 0.25) is 0 Å². The van der Waals surface area contributed by atoms with Gasteiger partial charge in [-0.2, -0.15) is 0 Å². The summed E-state index contributed by atoms with van der Waals surface area (Å²) in [7, 11) is 0. The molecule has 3 heteroatoms. The predicted octanol–water partition coefficient (Wildman–Crippen LogP) is 2.84. The highest BCUT2D eigenvalue weighted by molar-refractivity contribution is 5.40. The summed E-state index contributed by atoms with van der Waals surface area (Å²) in [6, 6.07) is 7.77. The molecule has 0 aliphatic carbocycles. The van der Waals surface area contributed by atoms with Gasteiger partial charge in [-0.25, -0.2) is 0 Å². The predicted molar refractivity (Wildman–Crippen MR) is 72.9 cm³/mol. The van der Waals surface area contributed by atoms with E-state index >= 15 is 0 Å². The molecule has 1 aromatic carbocycles. The van der Waals surface area contributed by atoms with E-state index in [4.69, 9.17) is 15.2 Å². The maximum absolute atomic E-state index is 6.29. The molecule has 18 heavy (non-hydrogen) atoms. The summed E-state index contributed by atoms with van der Waals surface area (Å²) < 4.78 is 11.7. The average molecular weight is 249 g/mol. The van der Waals surface area contributed by atoms with E-state index in [2.05, 4.69) is 20.8 Å². The van der Waals surface area contributed by atoms with E-state index in [1.807, 2.05) is 24.3 Å². The first-order valence-electron chi connectivity index (χ1n) is 6.72. The number of rotatable bonds is 4. The van der Waals surface area contributed by atoms with Gasteiger partial charge in [-0.1, -0.05) is 32.9 Å². The number of nitrogens with two attached hydrogens (primary N) is 1. The van der Waals surface area contributed by atoms with Crippen molar-refractivity contribution in [3.05, 3.63) is 24.3 Å². The molecule has 2 rings (SSSR count). The Hall–Kier alpha value is -1.22. The molecule has 1 aliphatic rings. The molecular weight excluding hydrogens is 226 g/mol. The minimum absolute atomic E-state index is 0.0146. The number of hydrogen-bond donors (Lipinski definition) is 1. The third-order valence-electron chi connectivity index (χ3n) is 3.46. The Bertz CT molecular complexity index is 392. The van der Waals surface area contributed by atoms with E-state index in [0.717, 1.165) is 17.9 Å². The summed E-state index contributed by atoms with van der Waals surface area (Å²) in [6.45, 7) is 7.17. The molecule has 3 unspecified atom stereocenters. The highest BCUT2D eigenvalue weighted by Crippen LogP contribution is 2.32. The Morgan fingerprint density at radius 2 is 1.89 bits per heavy atom. The summed E-state index contributed by atoms with van der Waals surface area (Å²) in [5, 5.41) is 0. The fourth-order valence-electron chi connectivity index (χ4n) is 2.49. The molecule has 0 fully saturated rings. The third kappa shape index (κ3) is 2.96. The lowest BCUT2D eigenvalue weighted by Crippen LogP contribution is -2.48. The van der Waals surface area contributed by atoms with Crippen LogP contribution in [0.25, 0.3) is 0 Å². The van der Waals surface area contributed by atoms with Gasteiger partial charge in [-0.05, 0) is 30.4 Å². The monoisotopic (exact) mass is 249 g/mol. The average Bonchev–Trinajstić information content (AvgIpc) is 2.36. The van der Waals surface area contributed by atoms with Crippen molar-refractivity contribution in [3.8, 4) is 11.5 Å². The molecular formula is C15H23NO2. The quantitative estimate of drug-likeness (QED) is 0.892. The molecule has 0 amide bonds. The van der Waals surface area contributed by atoms with Gasteiger partial charge in [0.2, 0.25) is 0 Å². The Kier molecular flexibility index (Phi) is 4.12. The first kappa shape index (κ1) is 13.2. The van der Waals surface area contributed by atoms with Crippen LogP contribution in [-0.2, 0) is 0 Å². The highest BCUT2D eigenvalue weighted by atomic mass is 16.6. The number of ether oxygens (including phenoxy) is 2. The molecule has 1 heterocycles. The molecule has 1 aliphatic heterocycles. The van der Waals surface area contributed by atoms with Crippen LogP contribution >= 0.6 is 0 Å². The van der Waals surface area contributed by atoms with Gasteiger partial charge in [-0.3, -0.25) is 0 Å². The van der Waals surface area contributed by atoms with Crippen LogP contribution in [0.3, 0.4) is 0 Å². The summed E-state index contributed by atoms with van der Waals surface area (Å²) in [4.78, 5) is 0.